The first-order chi connectivity index (χ1) is 21.1. The minimum Gasteiger partial charge on any atom is -0.493 e. The highest BCUT2D eigenvalue weighted by atomic mass is 16.5. The average molecular weight is 572 g/mol. The summed E-state index contributed by atoms with van der Waals surface area (Å²) in [6.45, 7) is 4.76. The molecule has 9 rings (SSSR count). The van der Waals surface area contributed by atoms with Gasteiger partial charge in [0.1, 0.15) is 5.75 Å². The van der Waals surface area contributed by atoms with E-state index in [-0.39, 0.29) is 5.41 Å². The van der Waals surface area contributed by atoms with Gasteiger partial charge in [-0.2, -0.15) is 5.26 Å². The Morgan fingerprint density at radius 3 is 2.56 bits per heavy atom. The highest BCUT2D eigenvalue weighted by Gasteiger charge is 2.76. The van der Waals surface area contributed by atoms with Crippen molar-refractivity contribution < 1.29 is 9.47 Å². The van der Waals surface area contributed by atoms with E-state index >= 15 is 0 Å². The smallest absolute Gasteiger partial charge is 0.173 e. The van der Waals surface area contributed by atoms with Gasteiger partial charge in [-0.1, -0.05) is 36.4 Å². The quantitative estimate of drug-likeness (QED) is 0.308. The zero-order valence-corrected chi connectivity index (χ0v) is 25.2. The van der Waals surface area contributed by atoms with Gasteiger partial charge >= 0.3 is 0 Å². The lowest BCUT2D eigenvalue weighted by Crippen LogP contribution is -2.69. The molecule has 43 heavy (non-hydrogen) atoms. The van der Waals surface area contributed by atoms with Crippen molar-refractivity contribution >= 4 is 0 Å². The molecule has 6 atom stereocenters. The predicted octanol–water partition coefficient (Wildman–Crippen LogP) is 6.94. The van der Waals surface area contributed by atoms with Crippen LogP contribution >= 0.6 is 0 Å². The van der Waals surface area contributed by atoms with Gasteiger partial charge in [0.25, 0.3) is 0 Å². The summed E-state index contributed by atoms with van der Waals surface area (Å²) in [5.41, 5.74) is 5.43. The second-order valence-corrected chi connectivity index (χ2v) is 14.4. The summed E-state index contributed by atoms with van der Waals surface area (Å²) in [4.78, 5) is 5.80. The molecule has 5 nitrogen and oxygen atoms in total. The molecule has 2 aliphatic heterocycles. The number of nitriles is 1. The van der Waals surface area contributed by atoms with Gasteiger partial charge in [-0.05, 0) is 116 Å². The van der Waals surface area contributed by atoms with Crippen molar-refractivity contribution in [2.45, 2.75) is 69.0 Å². The van der Waals surface area contributed by atoms with E-state index in [0.717, 1.165) is 42.0 Å². The fraction of sp³-hybridized carbons (Fsp3) is 0.500. The number of piperidine rings is 1. The maximum atomic E-state index is 9.38. The van der Waals surface area contributed by atoms with Gasteiger partial charge in [0.05, 0.1) is 18.7 Å². The third kappa shape index (κ3) is 3.69. The van der Waals surface area contributed by atoms with Crippen LogP contribution in [0.5, 0.6) is 17.2 Å². The lowest BCUT2D eigenvalue weighted by Gasteiger charge is -2.66. The summed E-state index contributed by atoms with van der Waals surface area (Å²) in [6, 6.07) is 26.7. The molecule has 3 aromatic rings. The molecular weight excluding hydrogens is 530 g/mol. The Labute approximate surface area is 255 Å². The molecule has 4 aliphatic carbocycles. The van der Waals surface area contributed by atoms with Crippen LogP contribution in [-0.4, -0.2) is 48.6 Å². The third-order valence-corrected chi connectivity index (χ3v) is 12.6. The van der Waals surface area contributed by atoms with E-state index in [9.17, 15) is 5.26 Å². The van der Waals surface area contributed by atoms with Crippen LogP contribution in [-0.2, 0) is 18.4 Å². The van der Waals surface area contributed by atoms with E-state index in [2.05, 4.69) is 58.3 Å². The summed E-state index contributed by atoms with van der Waals surface area (Å²) < 4.78 is 13.0. The number of nitrogens with zero attached hydrogens (tertiary/aromatic N) is 3. The Morgan fingerprint density at radius 2 is 1.79 bits per heavy atom. The van der Waals surface area contributed by atoms with Crippen LogP contribution in [0.25, 0.3) is 0 Å². The van der Waals surface area contributed by atoms with E-state index in [1.54, 1.807) is 7.11 Å². The topological polar surface area (TPSA) is 48.7 Å². The van der Waals surface area contributed by atoms with Gasteiger partial charge in [0.15, 0.2) is 11.5 Å². The molecule has 0 spiro atoms. The van der Waals surface area contributed by atoms with Gasteiger partial charge in [-0.3, -0.25) is 9.80 Å². The predicted molar refractivity (Wildman–Crippen MR) is 166 cm³/mol. The minimum absolute atomic E-state index is 0.0980. The molecule has 5 fully saturated rings. The molecule has 0 amide bonds. The molecule has 0 N–H and O–H groups in total. The van der Waals surface area contributed by atoms with Crippen molar-refractivity contribution in [1.82, 2.24) is 9.80 Å². The van der Waals surface area contributed by atoms with E-state index in [1.807, 2.05) is 24.3 Å². The summed E-state index contributed by atoms with van der Waals surface area (Å²) in [5.74, 6) is 4.83. The maximum Gasteiger partial charge on any atom is 0.173 e. The highest BCUT2D eigenvalue weighted by Crippen LogP contribution is 2.77. The van der Waals surface area contributed by atoms with Crippen molar-refractivity contribution in [3.05, 3.63) is 89.0 Å². The lowest BCUT2D eigenvalue weighted by molar-refractivity contribution is -0.106. The Morgan fingerprint density at radius 1 is 0.953 bits per heavy atom. The minimum atomic E-state index is 0.0980. The monoisotopic (exact) mass is 571 g/mol. The molecule has 3 saturated carbocycles. The fourth-order valence-electron chi connectivity index (χ4n) is 11.1. The Kier molecular flexibility index (Phi) is 5.82. The van der Waals surface area contributed by atoms with E-state index in [4.69, 9.17) is 9.47 Å². The summed E-state index contributed by atoms with van der Waals surface area (Å²) in [5, 5.41) is 9.38. The molecule has 220 valence electrons. The van der Waals surface area contributed by atoms with Crippen LogP contribution in [0.4, 0.5) is 0 Å². The van der Waals surface area contributed by atoms with Gasteiger partial charge in [-0.25, -0.2) is 0 Å². The molecule has 2 saturated heterocycles. The molecule has 0 aromatic heterocycles. The number of hydrogen-bond acceptors (Lipinski definition) is 5. The Balaban J connectivity index is 1.19. The molecule has 5 heteroatoms. The van der Waals surface area contributed by atoms with Crippen LogP contribution in [0.1, 0.15) is 60.8 Å². The van der Waals surface area contributed by atoms with Crippen molar-refractivity contribution in [3.63, 3.8) is 0 Å². The molecule has 0 radical (unpaired) electrons. The van der Waals surface area contributed by atoms with Crippen LogP contribution in [0, 0.1) is 34.5 Å². The standard InChI is InChI=1S/C38H41N3O2/c1-42-32-14-11-28-19-33-37-16-15-31-34(29(20-37)24-41(31)23-26-5-3-2-4-6-26)38(37,17-18-40(33)22-27-7-8-27)35(28)36(32)43-30-12-9-25(21-39)10-13-30/h2-6,9-14,27,29,31,33-34H,7-8,15-20,22-24H2,1H3/t29-,31-,33-,34-,37-,38-/m1/s1. The molecule has 4 bridgehead atoms. The number of rotatable bonds is 7. The number of likely N-dealkylation sites (tertiary alicyclic amines) is 2. The number of benzene rings is 3. The van der Waals surface area contributed by atoms with E-state index in [1.165, 1.54) is 74.8 Å². The van der Waals surface area contributed by atoms with Crippen LogP contribution < -0.4 is 9.47 Å². The molecule has 3 aromatic carbocycles. The average Bonchev–Trinajstić information content (AvgIpc) is 3.75. The first-order valence-corrected chi connectivity index (χ1v) is 16.5. The van der Waals surface area contributed by atoms with Gasteiger partial charge < -0.3 is 9.47 Å². The number of methoxy groups -OCH3 is 1. The summed E-state index contributed by atoms with van der Waals surface area (Å²) >= 11 is 0. The first kappa shape index (κ1) is 26.1. The second kappa shape index (κ2) is 9.58. The fourth-order valence-corrected chi connectivity index (χ4v) is 11.1. The first-order valence-electron chi connectivity index (χ1n) is 16.5. The third-order valence-electron chi connectivity index (χ3n) is 12.6. The molecule has 6 aliphatic rings. The van der Waals surface area contributed by atoms with Gasteiger partial charge in [0, 0.05) is 42.7 Å². The van der Waals surface area contributed by atoms with Crippen molar-refractivity contribution in [3.8, 4) is 23.3 Å². The zero-order chi connectivity index (χ0) is 28.8. The van der Waals surface area contributed by atoms with Crippen molar-refractivity contribution in [1.29, 1.82) is 5.26 Å². The van der Waals surface area contributed by atoms with Crippen molar-refractivity contribution in [2.75, 3.05) is 26.7 Å². The molecule has 2 heterocycles. The molecule has 0 unspecified atom stereocenters. The largest absolute Gasteiger partial charge is 0.493 e. The Hall–Kier alpha value is -3.33. The van der Waals surface area contributed by atoms with E-state index in [0.29, 0.717) is 29.0 Å². The number of fused-ring (bicyclic) bond motifs is 1. The normalized spacial score (nSPS) is 33.9. The van der Waals surface area contributed by atoms with Crippen molar-refractivity contribution in [2.24, 2.45) is 23.2 Å². The van der Waals surface area contributed by atoms with Crippen LogP contribution in [0.3, 0.4) is 0 Å². The van der Waals surface area contributed by atoms with Gasteiger partial charge in [0.2, 0.25) is 0 Å². The number of ether oxygens (including phenoxy) is 2. The Bertz CT molecular complexity index is 1590. The lowest BCUT2D eigenvalue weighted by atomic mass is 9.43. The summed E-state index contributed by atoms with van der Waals surface area (Å²) in [7, 11) is 1.78. The summed E-state index contributed by atoms with van der Waals surface area (Å²) in [6.07, 6.45) is 9.15. The molecular formula is C38H41N3O2. The highest BCUT2D eigenvalue weighted by molar-refractivity contribution is 5.61. The maximum absolute atomic E-state index is 9.38. The van der Waals surface area contributed by atoms with Crippen LogP contribution in [0.2, 0.25) is 0 Å². The van der Waals surface area contributed by atoms with Gasteiger partial charge in [-0.15, -0.1) is 0 Å². The van der Waals surface area contributed by atoms with E-state index < -0.39 is 0 Å². The zero-order valence-electron chi connectivity index (χ0n) is 25.2. The van der Waals surface area contributed by atoms with Crippen LogP contribution in [0.15, 0.2) is 66.7 Å². The second-order valence-electron chi connectivity index (χ2n) is 14.4. The number of hydrogen-bond donors (Lipinski definition) is 0. The SMILES string of the molecule is COc1ccc2c(c1Oc1ccc(C#N)cc1)[C@]13CCN(CC4CC4)[C@H](C2)[C@]12CC[C@@H]1[C@H]3[C@@H](CN1Cc1ccccc1)C2.